The number of rotatable bonds is 6. The maximum absolute atomic E-state index is 12.8. The van der Waals surface area contributed by atoms with Crippen LogP contribution in [-0.4, -0.2) is 35.5 Å². The molecule has 4 aromatic rings. The van der Waals surface area contributed by atoms with E-state index in [9.17, 15) is 18.3 Å². The number of nitrogens with zero attached hydrogens (tertiary/aromatic N) is 1. The Balaban J connectivity index is 1.50. The van der Waals surface area contributed by atoms with Crippen molar-refractivity contribution in [3.63, 3.8) is 0 Å². The van der Waals surface area contributed by atoms with E-state index in [4.69, 9.17) is 0 Å². The number of aliphatic carboxylic acids is 1. The van der Waals surface area contributed by atoms with E-state index in [1.54, 1.807) is 12.1 Å². The second kappa shape index (κ2) is 8.96. The minimum absolute atomic E-state index is 0.00145. The molecule has 0 aliphatic heterocycles. The molecule has 0 aliphatic rings. The predicted molar refractivity (Wildman–Crippen MR) is 123 cm³/mol. The lowest BCUT2D eigenvalue weighted by Crippen LogP contribution is -2.42. The normalized spacial score (nSPS) is 12.3. The third-order valence-electron chi connectivity index (χ3n) is 4.66. The number of thiophene rings is 1. The summed E-state index contributed by atoms with van der Waals surface area (Å²) < 4.78 is 27.9. The first kappa shape index (κ1) is 21.8. The van der Waals surface area contributed by atoms with Gasteiger partial charge < -0.3 is 10.1 Å². The van der Waals surface area contributed by atoms with Crippen LogP contribution in [0.15, 0.2) is 64.9 Å². The zero-order chi connectivity index (χ0) is 22.7. The third-order valence-corrected chi connectivity index (χ3v) is 7.62. The Morgan fingerprint density at radius 1 is 1.12 bits per heavy atom. The molecule has 2 aromatic heterocycles. The number of aromatic nitrogens is 2. The first-order chi connectivity index (χ1) is 15.3. The van der Waals surface area contributed by atoms with Gasteiger partial charge in [-0.3, -0.25) is 4.79 Å². The monoisotopic (exact) mass is 465 g/mol. The molecule has 3 N–H and O–H groups in total. The molecular weight excluding hydrogens is 446 g/mol. The van der Waals surface area contributed by atoms with Crippen LogP contribution in [0.25, 0.3) is 11.0 Å². The molecule has 2 aromatic carbocycles. The van der Waals surface area contributed by atoms with Crippen LogP contribution in [0.4, 0.5) is 0 Å². The summed E-state index contributed by atoms with van der Waals surface area (Å²) in [6, 6.07) is 16.6. The number of nitrogens with one attached hydrogen (secondary N) is 2. The van der Waals surface area contributed by atoms with Gasteiger partial charge in [0.05, 0.1) is 15.9 Å². The average molecular weight is 466 g/mol. The zero-order valence-corrected chi connectivity index (χ0v) is 18.6. The van der Waals surface area contributed by atoms with E-state index in [0.717, 1.165) is 28.0 Å². The number of aromatic amines is 1. The molecule has 1 atom stereocenters. The quantitative estimate of drug-likeness (QED) is 0.378. The van der Waals surface area contributed by atoms with Crippen LogP contribution >= 0.6 is 11.3 Å². The number of carboxylic acids is 1. The Morgan fingerprint density at radius 2 is 1.88 bits per heavy atom. The Labute approximate surface area is 189 Å². The second-order valence-electron chi connectivity index (χ2n) is 7.15. The summed E-state index contributed by atoms with van der Waals surface area (Å²) in [6.45, 7) is 1.99. The van der Waals surface area contributed by atoms with Gasteiger partial charge >= 0.3 is 5.97 Å². The molecule has 2 heterocycles. The van der Waals surface area contributed by atoms with Crippen molar-refractivity contribution in [2.45, 2.75) is 23.6 Å². The van der Waals surface area contributed by atoms with Crippen molar-refractivity contribution in [1.29, 1.82) is 0 Å². The fourth-order valence-electron chi connectivity index (χ4n) is 3.02. The molecule has 0 bridgehead atoms. The van der Waals surface area contributed by atoms with E-state index in [1.165, 1.54) is 6.07 Å². The van der Waals surface area contributed by atoms with E-state index in [0.29, 0.717) is 16.2 Å². The standard InChI is InChI=1S/C23H19N3O4S2/c1-15-6-8-16(9-7-15)10-11-17-12-13-22(31-17)32(29,30)26-20(23(27)28)14-21-24-18-4-2-3-5-19(18)25-21/h2-9,12-13,20,26H,14H2,1H3,(H,24,25)(H,27,28)/t20-/m1/s1. The van der Waals surface area contributed by atoms with Crippen molar-refractivity contribution in [3.8, 4) is 11.8 Å². The topological polar surface area (TPSA) is 112 Å². The minimum Gasteiger partial charge on any atom is -0.480 e. The molecule has 0 spiro atoms. The lowest BCUT2D eigenvalue weighted by Gasteiger charge is -2.12. The highest BCUT2D eigenvalue weighted by Crippen LogP contribution is 2.22. The van der Waals surface area contributed by atoms with Crippen molar-refractivity contribution in [2.75, 3.05) is 0 Å². The van der Waals surface area contributed by atoms with Gasteiger partial charge in [0.15, 0.2) is 0 Å². The molecule has 4 rings (SSSR count). The number of aryl methyl sites for hydroxylation is 1. The fraction of sp³-hybridized carbons (Fsp3) is 0.130. The van der Waals surface area contributed by atoms with Gasteiger partial charge in [-0.15, -0.1) is 11.3 Å². The molecule has 0 amide bonds. The smallest absolute Gasteiger partial charge is 0.322 e. The number of H-pyrrole nitrogens is 1. The molecule has 162 valence electrons. The van der Waals surface area contributed by atoms with Gasteiger partial charge in [-0.1, -0.05) is 41.7 Å². The molecule has 0 unspecified atom stereocenters. The molecule has 9 heteroatoms. The molecule has 0 fully saturated rings. The number of fused-ring (bicyclic) bond motifs is 1. The molecule has 0 saturated heterocycles. The maximum Gasteiger partial charge on any atom is 0.322 e. The third kappa shape index (κ3) is 5.06. The van der Waals surface area contributed by atoms with Crippen LogP contribution in [0, 0.1) is 18.8 Å². The van der Waals surface area contributed by atoms with Crippen molar-refractivity contribution < 1.29 is 18.3 Å². The Bertz CT molecular complexity index is 1410. The van der Waals surface area contributed by atoms with Crippen LogP contribution in [0.3, 0.4) is 0 Å². The molecule has 0 radical (unpaired) electrons. The Hall–Kier alpha value is -3.45. The van der Waals surface area contributed by atoms with Gasteiger partial charge in [-0.25, -0.2) is 13.4 Å². The van der Waals surface area contributed by atoms with Crippen molar-refractivity contribution in [3.05, 3.63) is 82.5 Å². The second-order valence-corrected chi connectivity index (χ2v) is 10.2. The number of hydrogen-bond acceptors (Lipinski definition) is 5. The largest absolute Gasteiger partial charge is 0.480 e. The van der Waals surface area contributed by atoms with Crippen LogP contribution in [0.1, 0.15) is 21.8 Å². The summed E-state index contributed by atoms with van der Waals surface area (Å²) in [5, 5.41) is 9.57. The van der Waals surface area contributed by atoms with Crippen LogP contribution < -0.4 is 4.72 Å². The van der Waals surface area contributed by atoms with Crippen molar-refractivity contribution >= 4 is 38.4 Å². The first-order valence-corrected chi connectivity index (χ1v) is 12.0. The van der Waals surface area contributed by atoms with E-state index in [2.05, 4.69) is 26.5 Å². The highest BCUT2D eigenvalue weighted by molar-refractivity contribution is 7.91. The van der Waals surface area contributed by atoms with Crippen LogP contribution in [0.2, 0.25) is 0 Å². The van der Waals surface area contributed by atoms with Gasteiger partial charge in [0.2, 0.25) is 0 Å². The average Bonchev–Trinajstić information content (AvgIpc) is 3.39. The van der Waals surface area contributed by atoms with Gasteiger partial charge in [-0.05, 0) is 43.3 Å². The SMILES string of the molecule is Cc1ccc(C#Cc2ccc(S(=O)(=O)N[C@H](Cc3nc4ccccc4[nH]3)C(=O)O)s2)cc1. The molecular formula is C23H19N3O4S2. The summed E-state index contributed by atoms with van der Waals surface area (Å²) in [5.41, 5.74) is 3.39. The van der Waals surface area contributed by atoms with E-state index >= 15 is 0 Å². The maximum atomic E-state index is 12.8. The summed E-state index contributed by atoms with van der Waals surface area (Å²) >= 11 is 0.986. The van der Waals surface area contributed by atoms with Gasteiger partial charge in [0.1, 0.15) is 16.1 Å². The number of sulfonamides is 1. The number of carbonyl (C=O) groups is 1. The highest BCUT2D eigenvalue weighted by atomic mass is 32.2. The molecule has 32 heavy (non-hydrogen) atoms. The molecule has 7 nitrogen and oxygen atoms in total. The number of hydrogen-bond donors (Lipinski definition) is 3. The lowest BCUT2D eigenvalue weighted by atomic mass is 10.1. The van der Waals surface area contributed by atoms with E-state index in [1.807, 2.05) is 49.4 Å². The van der Waals surface area contributed by atoms with E-state index < -0.39 is 22.0 Å². The highest BCUT2D eigenvalue weighted by Gasteiger charge is 2.27. The number of imidazole rings is 1. The number of para-hydroxylation sites is 2. The lowest BCUT2D eigenvalue weighted by molar-refractivity contribution is -0.138. The number of carboxylic acid groups (broad SMARTS) is 1. The Kier molecular flexibility index (Phi) is 6.10. The van der Waals surface area contributed by atoms with Crippen molar-refractivity contribution in [2.24, 2.45) is 0 Å². The van der Waals surface area contributed by atoms with Crippen LogP contribution in [0.5, 0.6) is 0 Å². The summed E-state index contributed by atoms with van der Waals surface area (Å²) in [4.78, 5) is 19.6. The van der Waals surface area contributed by atoms with Crippen LogP contribution in [-0.2, 0) is 21.2 Å². The van der Waals surface area contributed by atoms with Gasteiger partial charge in [0, 0.05) is 12.0 Å². The zero-order valence-electron chi connectivity index (χ0n) is 17.0. The van der Waals surface area contributed by atoms with E-state index in [-0.39, 0.29) is 10.6 Å². The fourth-order valence-corrected chi connectivity index (χ4v) is 5.39. The molecule has 0 aliphatic carbocycles. The minimum atomic E-state index is -4.04. The summed E-state index contributed by atoms with van der Waals surface area (Å²) in [5.74, 6) is 5.04. The molecule has 0 saturated carbocycles. The van der Waals surface area contributed by atoms with Crippen molar-refractivity contribution in [1.82, 2.24) is 14.7 Å². The van der Waals surface area contributed by atoms with Gasteiger partial charge in [0.25, 0.3) is 10.0 Å². The Morgan fingerprint density at radius 3 is 2.59 bits per heavy atom. The summed E-state index contributed by atoms with van der Waals surface area (Å²) in [7, 11) is -4.04. The predicted octanol–water partition coefficient (Wildman–Crippen LogP) is 3.31. The number of benzene rings is 2. The van der Waals surface area contributed by atoms with Gasteiger partial charge in [-0.2, -0.15) is 4.72 Å². The summed E-state index contributed by atoms with van der Waals surface area (Å²) in [6.07, 6.45) is -0.116. The first-order valence-electron chi connectivity index (χ1n) is 9.67.